The number of ether oxygens (including phenoxy) is 1. The molecule has 0 aromatic rings. The molecule has 3 heteroatoms. The molecule has 1 unspecified atom stereocenters. The normalized spacial score (nSPS) is 13.7. The molecule has 0 spiro atoms. The van der Waals surface area contributed by atoms with Gasteiger partial charge in [0.05, 0.1) is 0 Å². The minimum atomic E-state index is 0.240. The Morgan fingerprint density at radius 1 is 1.25 bits per heavy atom. The van der Waals surface area contributed by atoms with Crippen molar-refractivity contribution in [3.63, 3.8) is 0 Å². The van der Waals surface area contributed by atoms with E-state index in [1.54, 1.807) is 7.11 Å². The molecule has 0 aliphatic carbocycles. The lowest BCUT2D eigenvalue weighted by Gasteiger charge is -2.29. The van der Waals surface area contributed by atoms with Crippen molar-refractivity contribution < 1.29 is 4.74 Å². The Labute approximate surface area is 101 Å². The van der Waals surface area contributed by atoms with Crippen LogP contribution in [0.5, 0.6) is 0 Å². The molecule has 0 aliphatic heterocycles. The first-order chi connectivity index (χ1) is 7.61. The molecule has 0 aromatic carbocycles. The highest BCUT2D eigenvalue weighted by molar-refractivity contribution is 4.71. The Morgan fingerprint density at radius 2 is 1.94 bits per heavy atom. The van der Waals surface area contributed by atoms with Crippen molar-refractivity contribution in [2.75, 3.05) is 26.8 Å². The summed E-state index contributed by atoms with van der Waals surface area (Å²) < 4.78 is 5.05. The second-order valence-electron chi connectivity index (χ2n) is 4.84. The molecule has 0 radical (unpaired) electrons. The standard InChI is InChI=1S/C13H30N2O/c1-5-6-7-9-15(12(2)3)11-13(14)8-10-16-4/h12-13H,5-11,14H2,1-4H3. The van der Waals surface area contributed by atoms with E-state index in [0.717, 1.165) is 19.6 Å². The Morgan fingerprint density at radius 3 is 2.44 bits per heavy atom. The van der Waals surface area contributed by atoms with Crippen molar-refractivity contribution in [2.24, 2.45) is 5.73 Å². The average molecular weight is 230 g/mol. The Hall–Kier alpha value is -0.120. The van der Waals surface area contributed by atoms with Gasteiger partial charge in [-0.2, -0.15) is 0 Å². The van der Waals surface area contributed by atoms with Crippen LogP contribution < -0.4 is 5.73 Å². The van der Waals surface area contributed by atoms with Gasteiger partial charge < -0.3 is 10.5 Å². The second-order valence-corrected chi connectivity index (χ2v) is 4.84. The molecule has 0 aromatic heterocycles. The zero-order chi connectivity index (χ0) is 12.4. The predicted octanol–water partition coefficient (Wildman–Crippen LogP) is 2.25. The van der Waals surface area contributed by atoms with E-state index in [9.17, 15) is 0 Å². The van der Waals surface area contributed by atoms with Gasteiger partial charge in [0.25, 0.3) is 0 Å². The maximum Gasteiger partial charge on any atom is 0.0477 e. The van der Waals surface area contributed by atoms with E-state index >= 15 is 0 Å². The minimum absolute atomic E-state index is 0.240. The molecule has 0 heterocycles. The summed E-state index contributed by atoms with van der Waals surface area (Å²) in [6.07, 6.45) is 4.83. The summed E-state index contributed by atoms with van der Waals surface area (Å²) in [5.74, 6) is 0. The van der Waals surface area contributed by atoms with Crippen molar-refractivity contribution in [3.05, 3.63) is 0 Å². The van der Waals surface area contributed by atoms with Gasteiger partial charge in [0.2, 0.25) is 0 Å². The molecule has 0 amide bonds. The van der Waals surface area contributed by atoms with Crippen molar-refractivity contribution in [1.82, 2.24) is 4.90 Å². The summed E-state index contributed by atoms with van der Waals surface area (Å²) >= 11 is 0. The van der Waals surface area contributed by atoms with Gasteiger partial charge in [-0.1, -0.05) is 19.8 Å². The molecule has 0 aliphatic rings. The minimum Gasteiger partial charge on any atom is -0.385 e. The molecule has 0 rings (SSSR count). The molecule has 1 atom stereocenters. The van der Waals surface area contributed by atoms with Crippen LogP contribution in [0, 0.1) is 0 Å². The SMILES string of the molecule is CCCCCN(CC(N)CCOC)C(C)C. The summed E-state index contributed by atoms with van der Waals surface area (Å²) in [7, 11) is 1.73. The number of nitrogens with zero attached hydrogens (tertiary/aromatic N) is 1. The molecular weight excluding hydrogens is 200 g/mol. The van der Waals surface area contributed by atoms with Crippen molar-refractivity contribution in [1.29, 1.82) is 0 Å². The fourth-order valence-corrected chi connectivity index (χ4v) is 1.79. The molecule has 98 valence electrons. The third-order valence-electron chi connectivity index (χ3n) is 2.94. The quantitative estimate of drug-likeness (QED) is 0.585. The highest BCUT2D eigenvalue weighted by Crippen LogP contribution is 2.05. The molecule has 0 fully saturated rings. The van der Waals surface area contributed by atoms with Gasteiger partial charge >= 0.3 is 0 Å². The van der Waals surface area contributed by atoms with E-state index < -0.39 is 0 Å². The van der Waals surface area contributed by atoms with E-state index in [2.05, 4.69) is 25.7 Å². The largest absolute Gasteiger partial charge is 0.385 e. The van der Waals surface area contributed by atoms with Crippen LogP contribution in [0.2, 0.25) is 0 Å². The topological polar surface area (TPSA) is 38.5 Å². The number of unbranched alkanes of at least 4 members (excludes halogenated alkanes) is 2. The number of hydrogen-bond donors (Lipinski definition) is 1. The highest BCUT2D eigenvalue weighted by atomic mass is 16.5. The highest BCUT2D eigenvalue weighted by Gasteiger charge is 2.13. The maximum atomic E-state index is 6.08. The molecular formula is C13H30N2O. The van der Waals surface area contributed by atoms with Gasteiger partial charge in [-0.25, -0.2) is 0 Å². The van der Waals surface area contributed by atoms with Crippen molar-refractivity contribution in [2.45, 2.75) is 58.5 Å². The van der Waals surface area contributed by atoms with Crippen LogP contribution >= 0.6 is 0 Å². The second kappa shape index (κ2) is 10.1. The summed E-state index contributed by atoms with van der Waals surface area (Å²) in [6, 6.07) is 0.828. The summed E-state index contributed by atoms with van der Waals surface area (Å²) in [6.45, 7) is 9.66. The van der Waals surface area contributed by atoms with Crippen LogP contribution in [-0.4, -0.2) is 43.8 Å². The van der Waals surface area contributed by atoms with Crippen LogP contribution in [0.1, 0.15) is 46.5 Å². The van der Waals surface area contributed by atoms with E-state index in [1.165, 1.54) is 25.8 Å². The lowest BCUT2D eigenvalue weighted by Crippen LogP contribution is -2.42. The Bertz CT molecular complexity index is 151. The molecule has 0 bridgehead atoms. The van der Waals surface area contributed by atoms with E-state index in [1.807, 2.05) is 0 Å². The van der Waals surface area contributed by atoms with E-state index in [0.29, 0.717) is 6.04 Å². The summed E-state index contributed by atoms with van der Waals surface area (Å²) in [5, 5.41) is 0. The fraction of sp³-hybridized carbons (Fsp3) is 1.00. The number of hydrogen-bond acceptors (Lipinski definition) is 3. The monoisotopic (exact) mass is 230 g/mol. The number of nitrogens with two attached hydrogens (primary N) is 1. The lowest BCUT2D eigenvalue weighted by molar-refractivity contribution is 0.162. The van der Waals surface area contributed by atoms with Crippen molar-refractivity contribution >= 4 is 0 Å². The van der Waals surface area contributed by atoms with E-state index in [-0.39, 0.29) is 6.04 Å². The van der Waals surface area contributed by atoms with Gasteiger partial charge in [-0.15, -0.1) is 0 Å². The third-order valence-corrected chi connectivity index (χ3v) is 2.94. The molecule has 0 saturated carbocycles. The summed E-state index contributed by atoms with van der Waals surface area (Å²) in [4.78, 5) is 2.48. The number of methoxy groups -OCH3 is 1. The van der Waals surface area contributed by atoms with Gasteiger partial charge in [-0.05, 0) is 33.2 Å². The predicted molar refractivity (Wildman–Crippen MR) is 70.7 cm³/mol. The zero-order valence-corrected chi connectivity index (χ0v) is 11.5. The first-order valence-corrected chi connectivity index (χ1v) is 6.60. The molecule has 3 nitrogen and oxygen atoms in total. The van der Waals surface area contributed by atoms with Crippen LogP contribution in [0.25, 0.3) is 0 Å². The molecule has 2 N–H and O–H groups in total. The van der Waals surface area contributed by atoms with Crippen LogP contribution in [0.4, 0.5) is 0 Å². The van der Waals surface area contributed by atoms with Crippen LogP contribution in [0.15, 0.2) is 0 Å². The zero-order valence-electron chi connectivity index (χ0n) is 11.5. The van der Waals surface area contributed by atoms with Gasteiger partial charge in [0.15, 0.2) is 0 Å². The molecule has 16 heavy (non-hydrogen) atoms. The summed E-state index contributed by atoms with van der Waals surface area (Å²) in [5.41, 5.74) is 6.08. The molecule has 0 saturated heterocycles. The van der Waals surface area contributed by atoms with Gasteiger partial charge in [0, 0.05) is 32.3 Å². The fourth-order valence-electron chi connectivity index (χ4n) is 1.79. The smallest absolute Gasteiger partial charge is 0.0477 e. The Kier molecular flexibility index (Phi) is 9.99. The van der Waals surface area contributed by atoms with Crippen molar-refractivity contribution in [3.8, 4) is 0 Å². The average Bonchev–Trinajstić information content (AvgIpc) is 2.25. The lowest BCUT2D eigenvalue weighted by atomic mass is 10.1. The first kappa shape index (κ1) is 15.9. The van der Waals surface area contributed by atoms with Gasteiger partial charge in [0.1, 0.15) is 0 Å². The van der Waals surface area contributed by atoms with E-state index in [4.69, 9.17) is 10.5 Å². The van der Waals surface area contributed by atoms with Crippen LogP contribution in [0.3, 0.4) is 0 Å². The first-order valence-electron chi connectivity index (χ1n) is 6.60. The number of rotatable bonds is 10. The Balaban J connectivity index is 3.82. The van der Waals surface area contributed by atoms with Crippen LogP contribution in [-0.2, 0) is 4.74 Å². The third kappa shape index (κ3) is 8.08. The van der Waals surface area contributed by atoms with Gasteiger partial charge in [-0.3, -0.25) is 4.90 Å². The maximum absolute atomic E-state index is 6.08.